The molecule has 23 heavy (non-hydrogen) atoms. The standard InChI is InChI=1S/C14H15F3N4O2/c1-2-23-12(22)7-4-8-21-19-13(18-20-21)10-5-3-6-11(9-10)14(15,16)17/h3,5-6,9H,2,4,7-8H2,1H3. The summed E-state index contributed by atoms with van der Waals surface area (Å²) in [5, 5.41) is 11.5. The quantitative estimate of drug-likeness (QED) is 0.763. The number of hydrogen-bond donors (Lipinski definition) is 0. The van der Waals surface area contributed by atoms with Crippen molar-refractivity contribution in [2.75, 3.05) is 6.61 Å². The van der Waals surface area contributed by atoms with E-state index in [1.807, 2.05) is 0 Å². The largest absolute Gasteiger partial charge is 0.466 e. The number of ether oxygens (including phenoxy) is 1. The van der Waals surface area contributed by atoms with Gasteiger partial charge in [-0.1, -0.05) is 12.1 Å². The maximum absolute atomic E-state index is 12.7. The lowest BCUT2D eigenvalue weighted by Crippen LogP contribution is -2.08. The van der Waals surface area contributed by atoms with Crippen LogP contribution in [-0.2, 0) is 22.3 Å². The van der Waals surface area contributed by atoms with Crippen molar-refractivity contribution in [2.24, 2.45) is 0 Å². The number of carbonyl (C=O) groups is 1. The molecule has 1 aromatic heterocycles. The van der Waals surface area contributed by atoms with Crippen LogP contribution in [0, 0.1) is 0 Å². The average Bonchev–Trinajstić information content (AvgIpc) is 2.96. The molecule has 1 aromatic carbocycles. The minimum Gasteiger partial charge on any atom is -0.466 e. The van der Waals surface area contributed by atoms with Crippen molar-refractivity contribution >= 4 is 5.97 Å². The second-order valence-corrected chi connectivity index (χ2v) is 4.70. The molecule has 2 rings (SSSR count). The summed E-state index contributed by atoms with van der Waals surface area (Å²) in [7, 11) is 0. The number of rotatable bonds is 6. The van der Waals surface area contributed by atoms with E-state index in [2.05, 4.69) is 15.4 Å². The molecule has 0 bridgehead atoms. The first kappa shape index (κ1) is 16.9. The van der Waals surface area contributed by atoms with Crippen molar-refractivity contribution in [1.82, 2.24) is 20.2 Å². The molecule has 0 aliphatic carbocycles. The van der Waals surface area contributed by atoms with Crippen LogP contribution in [0.3, 0.4) is 0 Å². The molecule has 0 atom stereocenters. The molecule has 0 aliphatic rings. The summed E-state index contributed by atoms with van der Waals surface area (Å²) in [5.74, 6) is -0.210. The summed E-state index contributed by atoms with van der Waals surface area (Å²) < 4.78 is 42.9. The minimum absolute atomic E-state index is 0.104. The molecule has 0 unspecified atom stereocenters. The monoisotopic (exact) mass is 328 g/mol. The molecule has 124 valence electrons. The molecule has 0 aliphatic heterocycles. The Kier molecular flexibility index (Phi) is 5.30. The topological polar surface area (TPSA) is 69.9 Å². The van der Waals surface area contributed by atoms with E-state index in [-0.39, 0.29) is 23.8 Å². The molecule has 0 amide bonds. The molecule has 0 spiro atoms. The van der Waals surface area contributed by atoms with Crippen LogP contribution in [0.15, 0.2) is 24.3 Å². The van der Waals surface area contributed by atoms with Crippen LogP contribution in [0.4, 0.5) is 13.2 Å². The van der Waals surface area contributed by atoms with Crippen molar-refractivity contribution in [2.45, 2.75) is 32.5 Å². The van der Waals surface area contributed by atoms with Gasteiger partial charge in [0.1, 0.15) is 0 Å². The maximum atomic E-state index is 12.7. The molecule has 0 saturated carbocycles. The fourth-order valence-electron chi connectivity index (χ4n) is 1.89. The van der Waals surface area contributed by atoms with Crippen LogP contribution in [-0.4, -0.2) is 32.8 Å². The summed E-state index contributed by atoms with van der Waals surface area (Å²) in [6.45, 7) is 2.36. The number of esters is 1. The van der Waals surface area contributed by atoms with Gasteiger partial charge in [0.15, 0.2) is 0 Å². The van der Waals surface area contributed by atoms with Crippen molar-refractivity contribution in [1.29, 1.82) is 0 Å². The Labute approximate surface area is 130 Å². The van der Waals surface area contributed by atoms with Gasteiger partial charge in [-0.05, 0) is 30.7 Å². The fraction of sp³-hybridized carbons (Fsp3) is 0.429. The van der Waals surface area contributed by atoms with Gasteiger partial charge in [0.05, 0.1) is 18.7 Å². The third-order valence-corrected chi connectivity index (χ3v) is 2.95. The molecular weight excluding hydrogens is 313 g/mol. The second-order valence-electron chi connectivity index (χ2n) is 4.70. The average molecular weight is 328 g/mol. The zero-order valence-electron chi connectivity index (χ0n) is 12.4. The van der Waals surface area contributed by atoms with Crippen LogP contribution in [0.5, 0.6) is 0 Å². The number of nitrogens with zero attached hydrogens (tertiary/aromatic N) is 4. The van der Waals surface area contributed by atoms with Gasteiger partial charge in [-0.15, -0.1) is 10.2 Å². The van der Waals surface area contributed by atoms with E-state index in [1.54, 1.807) is 6.92 Å². The van der Waals surface area contributed by atoms with Crippen molar-refractivity contribution < 1.29 is 22.7 Å². The number of alkyl halides is 3. The lowest BCUT2D eigenvalue weighted by atomic mass is 10.1. The number of halogens is 3. The Morgan fingerprint density at radius 3 is 2.83 bits per heavy atom. The van der Waals surface area contributed by atoms with Gasteiger partial charge in [-0.25, -0.2) is 0 Å². The highest BCUT2D eigenvalue weighted by atomic mass is 19.4. The molecule has 0 fully saturated rings. The number of benzene rings is 1. The molecule has 9 heteroatoms. The molecule has 6 nitrogen and oxygen atoms in total. The lowest BCUT2D eigenvalue weighted by molar-refractivity contribution is -0.143. The van der Waals surface area contributed by atoms with Crippen LogP contribution in [0.1, 0.15) is 25.3 Å². The fourth-order valence-corrected chi connectivity index (χ4v) is 1.89. The first-order chi connectivity index (χ1) is 10.9. The molecular formula is C14H15F3N4O2. The number of aromatic nitrogens is 4. The summed E-state index contributed by atoms with van der Waals surface area (Å²) in [5.41, 5.74) is -0.537. The van der Waals surface area contributed by atoms with Crippen molar-refractivity contribution in [3.63, 3.8) is 0 Å². The Bertz CT molecular complexity index is 670. The molecule has 0 saturated heterocycles. The third-order valence-electron chi connectivity index (χ3n) is 2.95. The Balaban J connectivity index is 2.01. The summed E-state index contributed by atoms with van der Waals surface area (Å²) >= 11 is 0. The van der Waals surface area contributed by atoms with Crippen molar-refractivity contribution in [3.8, 4) is 11.4 Å². The third kappa shape index (κ3) is 4.76. The zero-order valence-corrected chi connectivity index (χ0v) is 12.4. The SMILES string of the molecule is CCOC(=O)CCCn1nnc(-c2cccc(C(F)(F)F)c2)n1. The first-order valence-corrected chi connectivity index (χ1v) is 7.01. The van der Waals surface area contributed by atoms with Crippen LogP contribution in [0.2, 0.25) is 0 Å². The number of aryl methyl sites for hydroxylation is 1. The van der Waals surface area contributed by atoms with E-state index >= 15 is 0 Å². The lowest BCUT2D eigenvalue weighted by Gasteiger charge is -2.06. The number of carbonyl (C=O) groups excluding carboxylic acids is 1. The second kappa shape index (κ2) is 7.21. The molecule has 2 aromatic rings. The summed E-state index contributed by atoms with van der Waals surface area (Å²) in [6, 6.07) is 4.72. The van der Waals surface area contributed by atoms with E-state index < -0.39 is 11.7 Å². The highest BCUT2D eigenvalue weighted by molar-refractivity contribution is 5.69. The summed E-state index contributed by atoms with van der Waals surface area (Å²) in [6.07, 6.45) is -3.75. The van der Waals surface area contributed by atoms with Gasteiger partial charge < -0.3 is 4.74 Å². The molecule has 1 heterocycles. The van der Waals surface area contributed by atoms with Crippen molar-refractivity contribution in [3.05, 3.63) is 29.8 Å². The predicted octanol–water partition coefficient (Wildman–Crippen LogP) is 2.70. The van der Waals surface area contributed by atoms with Gasteiger partial charge in [-0.3, -0.25) is 4.79 Å². The van der Waals surface area contributed by atoms with Gasteiger partial charge in [0.25, 0.3) is 0 Å². The van der Waals surface area contributed by atoms with Gasteiger partial charge >= 0.3 is 12.1 Å². The smallest absolute Gasteiger partial charge is 0.416 e. The van der Waals surface area contributed by atoms with Crippen LogP contribution in [0.25, 0.3) is 11.4 Å². The van der Waals surface area contributed by atoms with E-state index in [0.29, 0.717) is 19.6 Å². The zero-order chi connectivity index (χ0) is 16.9. The van der Waals surface area contributed by atoms with Gasteiger partial charge in [0.2, 0.25) is 5.82 Å². The predicted molar refractivity (Wildman–Crippen MR) is 74.1 cm³/mol. The first-order valence-electron chi connectivity index (χ1n) is 7.01. The Morgan fingerprint density at radius 1 is 1.35 bits per heavy atom. The molecule has 0 radical (unpaired) electrons. The number of hydrogen-bond acceptors (Lipinski definition) is 5. The maximum Gasteiger partial charge on any atom is 0.416 e. The van der Waals surface area contributed by atoms with E-state index in [1.165, 1.54) is 16.9 Å². The molecule has 0 N–H and O–H groups in total. The highest BCUT2D eigenvalue weighted by Gasteiger charge is 2.30. The minimum atomic E-state index is -4.42. The van der Waals surface area contributed by atoms with Gasteiger partial charge in [-0.2, -0.15) is 18.0 Å². The van der Waals surface area contributed by atoms with E-state index in [0.717, 1.165) is 12.1 Å². The Hall–Kier alpha value is -2.45. The highest BCUT2D eigenvalue weighted by Crippen LogP contribution is 2.31. The van der Waals surface area contributed by atoms with Gasteiger partial charge in [0, 0.05) is 12.0 Å². The summed E-state index contributed by atoms with van der Waals surface area (Å²) in [4.78, 5) is 12.4. The number of tetrazole rings is 1. The van der Waals surface area contributed by atoms with Crippen LogP contribution < -0.4 is 0 Å². The normalized spacial score (nSPS) is 11.5. The van der Waals surface area contributed by atoms with E-state index in [9.17, 15) is 18.0 Å². The van der Waals surface area contributed by atoms with Crippen LogP contribution >= 0.6 is 0 Å². The van der Waals surface area contributed by atoms with E-state index in [4.69, 9.17) is 4.74 Å². The Morgan fingerprint density at radius 2 is 2.13 bits per heavy atom.